The molecule has 0 fully saturated rings. The van der Waals surface area contributed by atoms with E-state index in [0.29, 0.717) is 0 Å². The van der Waals surface area contributed by atoms with E-state index in [9.17, 15) is 0 Å². The molecule has 0 spiro atoms. The molecule has 1 rings (SSSR count). The van der Waals surface area contributed by atoms with E-state index in [1.807, 2.05) is 12.4 Å². The standard InChI is InChI=1S/C12H21N3/c1-5-12(4,6-2)13-8-11-9-14-15(7-3)10-11/h7,9-10,13H,3,5-6,8H2,1-2,4H3. The van der Waals surface area contributed by atoms with Crippen molar-refractivity contribution in [3.63, 3.8) is 0 Å². The summed E-state index contributed by atoms with van der Waals surface area (Å²) in [6, 6.07) is 0. The summed E-state index contributed by atoms with van der Waals surface area (Å²) in [7, 11) is 0. The third-order valence-corrected chi connectivity index (χ3v) is 3.12. The average Bonchev–Trinajstić information content (AvgIpc) is 2.74. The van der Waals surface area contributed by atoms with Gasteiger partial charge in [0.2, 0.25) is 0 Å². The molecule has 3 nitrogen and oxygen atoms in total. The van der Waals surface area contributed by atoms with Crippen molar-refractivity contribution in [3.05, 3.63) is 24.5 Å². The monoisotopic (exact) mass is 207 g/mol. The molecule has 1 heterocycles. The first-order valence-electron chi connectivity index (χ1n) is 5.54. The summed E-state index contributed by atoms with van der Waals surface area (Å²) >= 11 is 0. The SMILES string of the molecule is C=Cn1cc(CNC(C)(CC)CC)cn1. The van der Waals surface area contributed by atoms with Crippen molar-refractivity contribution in [2.45, 2.75) is 45.7 Å². The van der Waals surface area contributed by atoms with Crippen LogP contribution < -0.4 is 5.32 Å². The summed E-state index contributed by atoms with van der Waals surface area (Å²) in [6.07, 6.45) is 7.84. The Morgan fingerprint density at radius 2 is 2.20 bits per heavy atom. The van der Waals surface area contributed by atoms with Crippen LogP contribution in [0.5, 0.6) is 0 Å². The van der Waals surface area contributed by atoms with Gasteiger partial charge < -0.3 is 5.32 Å². The highest BCUT2D eigenvalue weighted by molar-refractivity contribution is 5.17. The van der Waals surface area contributed by atoms with E-state index in [1.54, 1.807) is 10.9 Å². The molecule has 0 aliphatic rings. The molecular formula is C12H21N3. The first-order chi connectivity index (χ1) is 7.13. The smallest absolute Gasteiger partial charge is 0.0538 e. The van der Waals surface area contributed by atoms with Gasteiger partial charge in [-0.3, -0.25) is 0 Å². The van der Waals surface area contributed by atoms with E-state index in [-0.39, 0.29) is 5.54 Å². The van der Waals surface area contributed by atoms with E-state index in [2.05, 4.69) is 37.8 Å². The molecule has 0 atom stereocenters. The summed E-state index contributed by atoms with van der Waals surface area (Å²) in [6.45, 7) is 11.2. The molecule has 0 bridgehead atoms. The Morgan fingerprint density at radius 3 is 2.67 bits per heavy atom. The largest absolute Gasteiger partial charge is 0.307 e. The van der Waals surface area contributed by atoms with Crippen LogP contribution in [0.25, 0.3) is 6.20 Å². The van der Waals surface area contributed by atoms with Crippen LogP contribution in [0.2, 0.25) is 0 Å². The van der Waals surface area contributed by atoms with Crippen LogP contribution in [-0.2, 0) is 6.54 Å². The maximum absolute atomic E-state index is 4.15. The van der Waals surface area contributed by atoms with Crippen LogP contribution in [0.3, 0.4) is 0 Å². The van der Waals surface area contributed by atoms with Gasteiger partial charge >= 0.3 is 0 Å². The second-order valence-corrected chi connectivity index (χ2v) is 4.13. The van der Waals surface area contributed by atoms with Crippen molar-refractivity contribution in [2.24, 2.45) is 0 Å². The fraction of sp³-hybridized carbons (Fsp3) is 0.583. The van der Waals surface area contributed by atoms with Crippen LogP contribution in [0.15, 0.2) is 19.0 Å². The maximum Gasteiger partial charge on any atom is 0.0538 e. The highest BCUT2D eigenvalue weighted by Gasteiger charge is 2.18. The number of hydrogen-bond acceptors (Lipinski definition) is 2. The van der Waals surface area contributed by atoms with E-state index < -0.39 is 0 Å². The first-order valence-corrected chi connectivity index (χ1v) is 5.54. The first kappa shape index (κ1) is 12.0. The van der Waals surface area contributed by atoms with Gasteiger partial charge in [-0.15, -0.1) is 0 Å². The number of rotatable bonds is 6. The molecule has 0 aliphatic carbocycles. The molecular weight excluding hydrogens is 186 g/mol. The minimum absolute atomic E-state index is 0.232. The van der Waals surface area contributed by atoms with Gasteiger partial charge in [0, 0.05) is 30.0 Å². The Morgan fingerprint density at radius 1 is 1.53 bits per heavy atom. The maximum atomic E-state index is 4.15. The Kier molecular flexibility index (Phi) is 4.09. The van der Waals surface area contributed by atoms with Gasteiger partial charge in [0.25, 0.3) is 0 Å². The normalized spacial score (nSPS) is 11.7. The zero-order valence-electron chi connectivity index (χ0n) is 9.95. The highest BCUT2D eigenvalue weighted by atomic mass is 15.2. The third-order valence-electron chi connectivity index (χ3n) is 3.12. The van der Waals surface area contributed by atoms with Gasteiger partial charge in [-0.1, -0.05) is 20.4 Å². The molecule has 0 amide bonds. The molecule has 1 aromatic rings. The topological polar surface area (TPSA) is 29.9 Å². The Labute approximate surface area is 92.2 Å². The van der Waals surface area contributed by atoms with Crippen molar-refractivity contribution in [3.8, 4) is 0 Å². The molecule has 1 aromatic heterocycles. The Bertz CT molecular complexity index is 310. The second kappa shape index (κ2) is 5.12. The number of nitrogens with one attached hydrogen (secondary N) is 1. The number of aromatic nitrogens is 2. The minimum Gasteiger partial charge on any atom is -0.307 e. The molecule has 0 radical (unpaired) electrons. The van der Waals surface area contributed by atoms with Crippen molar-refractivity contribution in [1.82, 2.24) is 15.1 Å². The van der Waals surface area contributed by atoms with Crippen molar-refractivity contribution in [2.75, 3.05) is 0 Å². The predicted molar refractivity (Wildman–Crippen MR) is 64.4 cm³/mol. The van der Waals surface area contributed by atoms with Gasteiger partial charge in [-0.2, -0.15) is 5.10 Å². The lowest BCUT2D eigenvalue weighted by molar-refractivity contribution is 0.329. The quantitative estimate of drug-likeness (QED) is 0.777. The van der Waals surface area contributed by atoms with Crippen molar-refractivity contribution < 1.29 is 0 Å². The van der Waals surface area contributed by atoms with E-state index in [1.165, 1.54) is 5.56 Å². The summed E-state index contributed by atoms with van der Waals surface area (Å²) in [4.78, 5) is 0. The lowest BCUT2D eigenvalue weighted by atomic mass is 9.95. The molecule has 0 saturated carbocycles. The molecule has 3 heteroatoms. The zero-order valence-corrected chi connectivity index (χ0v) is 9.95. The Hall–Kier alpha value is -1.09. The molecule has 0 aromatic carbocycles. The second-order valence-electron chi connectivity index (χ2n) is 4.13. The van der Waals surface area contributed by atoms with Gasteiger partial charge in [0.1, 0.15) is 0 Å². The summed E-state index contributed by atoms with van der Waals surface area (Å²) < 4.78 is 1.73. The fourth-order valence-corrected chi connectivity index (χ4v) is 1.38. The molecule has 0 saturated heterocycles. The van der Waals surface area contributed by atoms with Crippen LogP contribution in [0.4, 0.5) is 0 Å². The molecule has 0 aliphatic heterocycles. The van der Waals surface area contributed by atoms with E-state index in [4.69, 9.17) is 0 Å². The van der Waals surface area contributed by atoms with Gasteiger partial charge in [-0.05, 0) is 19.8 Å². The predicted octanol–water partition coefficient (Wildman–Crippen LogP) is 2.65. The molecule has 0 unspecified atom stereocenters. The highest BCUT2D eigenvalue weighted by Crippen LogP contribution is 2.14. The van der Waals surface area contributed by atoms with Crippen molar-refractivity contribution in [1.29, 1.82) is 0 Å². The van der Waals surface area contributed by atoms with Crippen molar-refractivity contribution >= 4 is 6.20 Å². The molecule has 84 valence electrons. The number of hydrogen-bond donors (Lipinski definition) is 1. The molecule has 15 heavy (non-hydrogen) atoms. The average molecular weight is 207 g/mol. The van der Waals surface area contributed by atoms with E-state index in [0.717, 1.165) is 19.4 Å². The molecule has 1 N–H and O–H groups in total. The van der Waals surface area contributed by atoms with Gasteiger partial charge in [-0.25, -0.2) is 4.68 Å². The minimum atomic E-state index is 0.232. The van der Waals surface area contributed by atoms with Crippen LogP contribution in [0.1, 0.15) is 39.2 Å². The van der Waals surface area contributed by atoms with Crippen LogP contribution in [0, 0.1) is 0 Å². The third kappa shape index (κ3) is 3.20. The van der Waals surface area contributed by atoms with Crippen LogP contribution >= 0.6 is 0 Å². The fourth-order valence-electron chi connectivity index (χ4n) is 1.38. The summed E-state index contributed by atoms with van der Waals surface area (Å²) in [5, 5.41) is 7.71. The van der Waals surface area contributed by atoms with Gasteiger partial charge in [0.05, 0.1) is 6.20 Å². The summed E-state index contributed by atoms with van der Waals surface area (Å²) in [5.41, 5.74) is 1.43. The van der Waals surface area contributed by atoms with Gasteiger partial charge in [0.15, 0.2) is 0 Å². The van der Waals surface area contributed by atoms with E-state index >= 15 is 0 Å². The Balaban J connectivity index is 2.52. The number of nitrogens with zero attached hydrogens (tertiary/aromatic N) is 2. The zero-order chi connectivity index (χ0) is 11.3. The van der Waals surface area contributed by atoms with Crippen LogP contribution in [-0.4, -0.2) is 15.3 Å². The lowest BCUT2D eigenvalue weighted by Crippen LogP contribution is -2.40. The summed E-state index contributed by atoms with van der Waals surface area (Å²) in [5.74, 6) is 0. The lowest BCUT2D eigenvalue weighted by Gasteiger charge is -2.28.